The molecule has 0 aliphatic heterocycles. The summed E-state index contributed by atoms with van der Waals surface area (Å²) in [5, 5.41) is 0. The lowest BCUT2D eigenvalue weighted by Crippen LogP contribution is -2.34. The summed E-state index contributed by atoms with van der Waals surface area (Å²) in [6.07, 6.45) is 20.7. The lowest BCUT2D eigenvalue weighted by atomic mass is 9.65. The maximum Gasteiger partial charge on any atom is 0.126 e. The predicted octanol–water partition coefficient (Wildman–Crippen LogP) is 8.77. The van der Waals surface area contributed by atoms with Gasteiger partial charge in [0.25, 0.3) is 0 Å². The zero-order chi connectivity index (χ0) is 22.3. The number of fused-ring (bicyclic) bond motifs is 2. The summed E-state index contributed by atoms with van der Waals surface area (Å²) in [7, 11) is 0. The van der Waals surface area contributed by atoms with E-state index in [1.807, 2.05) is 6.07 Å². The minimum Gasteiger partial charge on any atom is -0.378 e. The Kier molecular flexibility index (Phi) is 9.09. The number of benzene rings is 1. The molecule has 0 amide bonds. The summed E-state index contributed by atoms with van der Waals surface area (Å²) in [6, 6.07) is 4.23. The summed E-state index contributed by atoms with van der Waals surface area (Å²) >= 11 is 0. The first-order valence-corrected chi connectivity index (χ1v) is 14.1. The van der Waals surface area contributed by atoms with E-state index in [4.69, 9.17) is 4.74 Å². The number of rotatable bonds is 10. The number of halogens is 1. The van der Waals surface area contributed by atoms with Gasteiger partial charge in [0, 0.05) is 6.61 Å². The summed E-state index contributed by atoms with van der Waals surface area (Å²) < 4.78 is 21.4. The third-order valence-electron chi connectivity index (χ3n) is 8.93. The van der Waals surface area contributed by atoms with Crippen molar-refractivity contribution in [1.82, 2.24) is 0 Å². The van der Waals surface area contributed by atoms with Crippen molar-refractivity contribution in [2.75, 3.05) is 6.61 Å². The first-order valence-electron chi connectivity index (χ1n) is 14.1. The Balaban J connectivity index is 1.31. The van der Waals surface area contributed by atoms with Crippen LogP contribution in [0.1, 0.15) is 126 Å². The second-order valence-corrected chi connectivity index (χ2v) is 11.3. The number of ether oxygens (including phenoxy) is 1. The first kappa shape index (κ1) is 24.2. The van der Waals surface area contributed by atoms with Crippen LogP contribution < -0.4 is 0 Å². The molecule has 5 unspecified atom stereocenters. The fourth-order valence-corrected chi connectivity index (χ4v) is 7.03. The molecule has 1 aromatic carbocycles. The quantitative estimate of drug-likeness (QED) is 0.329. The Labute approximate surface area is 196 Å². The first-order chi connectivity index (χ1) is 15.7. The molecule has 4 rings (SSSR count). The average Bonchev–Trinajstić information content (AvgIpc) is 2.81. The van der Waals surface area contributed by atoms with Gasteiger partial charge in [-0.05, 0) is 111 Å². The average molecular weight is 443 g/mol. The predicted molar refractivity (Wildman–Crippen MR) is 133 cm³/mol. The molecule has 2 heteroatoms. The molecule has 0 radical (unpaired) electrons. The lowest BCUT2D eigenvalue weighted by Gasteiger charge is -2.42. The van der Waals surface area contributed by atoms with E-state index in [1.165, 1.54) is 88.2 Å². The molecule has 5 atom stereocenters. The van der Waals surface area contributed by atoms with Crippen LogP contribution in [-0.2, 0) is 17.6 Å². The number of hydrogen-bond donors (Lipinski definition) is 0. The SMILES string of the molecule is CCCCCCCC1CCc2cc(C3CCC4CC(OCCC)CCC4C3)c(F)cc2C1. The molecule has 0 N–H and O–H groups in total. The van der Waals surface area contributed by atoms with E-state index in [0.717, 1.165) is 55.6 Å². The van der Waals surface area contributed by atoms with Crippen LogP contribution >= 0.6 is 0 Å². The van der Waals surface area contributed by atoms with Crippen LogP contribution in [-0.4, -0.2) is 12.7 Å². The second kappa shape index (κ2) is 12.0. The highest BCUT2D eigenvalue weighted by Gasteiger charge is 2.37. The van der Waals surface area contributed by atoms with Gasteiger partial charge >= 0.3 is 0 Å². The zero-order valence-corrected chi connectivity index (χ0v) is 20.8. The number of aryl methyl sites for hydroxylation is 1. The smallest absolute Gasteiger partial charge is 0.126 e. The van der Waals surface area contributed by atoms with E-state index < -0.39 is 0 Å². The lowest BCUT2D eigenvalue weighted by molar-refractivity contribution is -0.0148. The van der Waals surface area contributed by atoms with Crippen molar-refractivity contribution in [2.24, 2.45) is 17.8 Å². The van der Waals surface area contributed by atoms with Gasteiger partial charge < -0.3 is 4.74 Å². The number of unbranched alkanes of at least 4 members (excludes halogenated alkanes) is 4. The van der Waals surface area contributed by atoms with E-state index in [-0.39, 0.29) is 5.82 Å². The van der Waals surface area contributed by atoms with Crippen LogP contribution in [0.5, 0.6) is 0 Å². The number of hydrogen-bond acceptors (Lipinski definition) is 1. The van der Waals surface area contributed by atoms with Crippen LogP contribution in [0, 0.1) is 23.6 Å². The molecule has 2 fully saturated rings. The molecule has 32 heavy (non-hydrogen) atoms. The Morgan fingerprint density at radius 1 is 0.844 bits per heavy atom. The second-order valence-electron chi connectivity index (χ2n) is 11.3. The van der Waals surface area contributed by atoms with Crippen molar-refractivity contribution in [3.05, 3.63) is 34.6 Å². The van der Waals surface area contributed by atoms with Crippen LogP contribution in [0.4, 0.5) is 4.39 Å². The largest absolute Gasteiger partial charge is 0.378 e. The Morgan fingerprint density at radius 2 is 1.66 bits per heavy atom. The van der Waals surface area contributed by atoms with Crippen molar-refractivity contribution in [1.29, 1.82) is 0 Å². The Morgan fingerprint density at radius 3 is 2.50 bits per heavy atom. The van der Waals surface area contributed by atoms with Crippen LogP contribution in [0.25, 0.3) is 0 Å². The molecule has 0 aromatic heterocycles. The molecule has 0 spiro atoms. The van der Waals surface area contributed by atoms with Gasteiger partial charge in [0.2, 0.25) is 0 Å². The summed E-state index contributed by atoms with van der Waals surface area (Å²) in [5.74, 6) is 2.89. The van der Waals surface area contributed by atoms with Crippen LogP contribution in [0.2, 0.25) is 0 Å². The molecular formula is C30H47FO. The minimum absolute atomic E-state index is 0.0933. The molecule has 2 saturated carbocycles. The Bertz CT molecular complexity index is 713. The highest BCUT2D eigenvalue weighted by Crippen LogP contribution is 2.47. The van der Waals surface area contributed by atoms with Gasteiger partial charge in [-0.25, -0.2) is 4.39 Å². The zero-order valence-electron chi connectivity index (χ0n) is 20.8. The van der Waals surface area contributed by atoms with E-state index in [9.17, 15) is 0 Å². The minimum atomic E-state index is 0.0933. The van der Waals surface area contributed by atoms with Gasteiger partial charge in [-0.15, -0.1) is 0 Å². The summed E-state index contributed by atoms with van der Waals surface area (Å²) in [6.45, 7) is 5.38. The highest BCUT2D eigenvalue weighted by molar-refractivity contribution is 5.37. The van der Waals surface area contributed by atoms with Gasteiger partial charge in [-0.2, -0.15) is 0 Å². The van der Waals surface area contributed by atoms with Gasteiger partial charge in [-0.1, -0.05) is 58.4 Å². The third kappa shape index (κ3) is 6.16. The topological polar surface area (TPSA) is 9.23 Å². The normalized spacial score (nSPS) is 30.0. The van der Waals surface area contributed by atoms with Crippen LogP contribution in [0.3, 0.4) is 0 Å². The summed E-state index contributed by atoms with van der Waals surface area (Å²) in [5.41, 5.74) is 3.82. The van der Waals surface area contributed by atoms with Crippen LogP contribution in [0.15, 0.2) is 12.1 Å². The van der Waals surface area contributed by atoms with Crippen molar-refractivity contribution < 1.29 is 9.13 Å². The monoisotopic (exact) mass is 442 g/mol. The van der Waals surface area contributed by atoms with E-state index in [1.54, 1.807) is 0 Å². The van der Waals surface area contributed by atoms with Gasteiger partial charge in [0.05, 0.1) is 6.10 Å². The van der Waals surface area contributed by atoms with E-state index in [0.29, 0.717) is 12.0 Å². The van der Waals surface area contributed by atoms with Gasteiger partial charge in [0.15, 0.2) is 0 Å². The van der Waals surface area contributed by atoms with E-state index in [2.05, 4.69) is 19.9 Å². The molecule has 0 saturated heterocycles. The maximum atomic E-state index is 15.3. The standard InChI is InChI=1S/C30H47FO/c1-3-5-6-7-8-9-22-10-11-25-20-29(30(31)21-27(25)17-22)26-13-12-24-19-28(32-16-4-2)15-14-23(24)18-26/h20-24,26,28H,3-19H2,1-2H3. The van der Waals surface area contributed by atoms with E-state index >= 15 is 4.39 Å². The van der Waals surface area contributed by atoms with Gasteiger partial charge in [0.1, 0.15) is 5.82 Å². The molecule has 180 valence electrons. The molecule has 0 bridgehead atoms. The summed E-state index contributed by atoms with van der Waals surface area (Å²) in [4.78, 5) is 0. The molecule has 3 aliphatic carbocycles. The molecule has 3 aliphatic rings. The molecule has 0 heterocycles. The van der Waals surface area contributed by atoms with Crippen molar-refractivity contribution >= 4 is 0 Å². The molecular weight excluding hydrogens is 395 g/mol. The van der Waals surface area contributed by atoms with Crippen molar-refractivity contribution in [2.45, 2.75) is 129 Å². The highest BCUT2D eigenvalue weighted by atomic mass is 19.1. The fourth-order valence-electron chi connectivity index (χ4n) is 7.03. The van der Waals surface area contributed by atoms with Crippen molar-refractivity contribution in [3.63, 3.8) is 0 Å². The molecule has 1 aromatic rings. The maximum absolute atomic E-state index is 15.3. The Hall–Kier alpha value is -0.890. The molecule has 1 nitrogen and oxygen atoms in total. The fraction of sp³-hybridized carbons (Fsp3) is 0.800. The van der Waals surface area contributed by atoms with Crippen molar-refractivity contribution in [3.8, 4) is 0 Å². The van der Waals surface area contributed by atoms with Gasteiger partial charge in [-0.3, -0.25) is 0 Å². The third-order valence-corrected chi connectivity index (χ3v) is 8.93.